The maximum Gasteiger partial charge on any atom is 0.160 e. The number of hydrogen-bond donors (Lipinski definition) is 0. The zero-order chi connectivity index (χ0) is 41.9. The maximum absolute atomic E-state index is 5.32. The topological polar surface area (TPSA) is 25.8 Å². The Bertz CT molecular complexity index is 3500. The molecule has 0 fully saturated rings. The van der Waals surface area contributed by atoms with Gasteiger partial charge in [0.15, 0.2) is 5.82 Å². The van der Waals surface area contributed by atoms with E-state index < -0.39 is 0 Å². The Morgan fingerprint density at radius 1 is 0.365 bits per heavy atom. The van der Waals surface area contributed by atoms with Crippen molar-refractivity contribution in [2.24, 2.45) is 0 Å². The van der Waals surface area contributed by atoms with E-state index in [1.54, 1.807) is 0 Å². The minimum Gasteiger partial charge on any atom is -0.228 e. The maximum atomic E-state index is 5.32. The SMILES string of the molecule is CC1(c2ccccc2)c2cc(-c3ccccc3-c3cc(-c4ccc(-c5cccc6c5sc5ccccc56)cc4)nc(-c4ccccc4)n3)ccc2-c2c(-c3ccccc3)cccc21. The van der Waals surface area contributed by atoms with Crippen molar-refractivity contribution in [3.63, 3.8) is 0 Å². The second-order valence-electron chi connectivity index (χ2n) is 16.6. The molecule has 1 aliphatic carbocycles. The molecule has 0 N–H and O–H groups in total. The summed E-state index contributed by atoms with van der Waals surface area (Å²) in [5.74, 6) is 0.700. The molecule has 0 bridgehead atoms. The van der Waals surface area contributed by atoms with Crippen molar-refractivity contribution < 1.29 is 0 Å². The van der Waals surface area contributed by atoms with Gasteiger partial charge in [0.2, 0.25) is 0 Å². The first-order valence-corrected chi connectivity index (χ1v) is 22.4. The zero-order valence-electron chi connectivity index (χ0n) is 34.7. The lowest BCUT2D eigenvalue weighted by Gasteiger charge is -2.29. The molecule has 11 aromatic rings. The molecule has 0 saturated heterocycles. The summed E-state index contributed by atoms with van der Waals surface area (Å²) < 4.78 is 2.63. The highest BCUT2D eigenvalue weighted by molar-refractivity contribution is 7.26. The fraction of sp³-hybridized carbons (Fsp3) is 0.0333. The standard InChI is InChI=1S/C60H40N2S/c1-60(44-21-9-4-10-22-44)52-29-16-26-46(39-17-5-2-6-18-39)57(52)51-36-35-43(37-53(51)60)45-23-11-12-24-48(45)55-38-54(61-59(62-55)42-19-7-3-8-20-42)41-33-31-40(32-34-41)47-27-15-28-50-49-25-13-14-30-56(49)63-58(47)50/h2-38H,1H3. The predicted octanol–water partition coefficient (Wildman–Crippen LogP) is 16.2. The van der Waals surface area contributed by atoms with E-state index >= 15 is 0 Å². The van der Waals surface area contributed by atoms with E-state index in [0.29, 0.717) is 5.82 Å². The van der Waals surface area contributed by atoms with Crippen LogP contribution in [0.4, 0.5) is 0 Å². The molecule has 0 aliphatic heterocycles. The minimum absolute atomic E-state index is 0.362. The van der Waals surface area contributed by atoms with Crippen LogP contribution < -0.4 is 0 Å². The smallest absolute Gasteiger partial charge is 0.160 e. The van der Waals surface area contributed by atoms with Crippen molar-refractivity contribution in [2.75, 3.05) is 0 Å². The molecule has 296 valence electrons. The first-order valence-electron chi connectivity index (χ1n) is 21.6. The average Bonchev–Trinajstić information content (AvgIpc) is 3.88. The zero-order valence-corrected chi connectivity index (χ0v) is 35.5. The van der Waals surface area contributed by atoms with E-state index in [9.17, 15) is 0 Å². The highest BCUT2D eigenvalue weighted by Gasteiger charge is 2.42. The van der Waals surface area contributed by atoms with Crippen LogP contribution in [0, 0.1) is 0 Å². The summed E-state index contributed by atoms with van der Waals surface area (Å²) >= 11 is 1.86. The van der Waals surface area contributed by atoms with Gasteiger partial charge in [0.05, 0.1) is 11.4 Å². The number of aromatic nitrogens is 2. The van der Waals surface area contributed by atoms with E-state index in [1.165, 1.54) is 70.2 Å². The fourth-order valence-corrected chi connectivity index (χ4v) is 11.1. The third kappa shape index (κ3) is 6.15. The Kier molecular flexibility index (Phi) is 8.84. The van der Waals surface area contributed by atoms with E-state index in [-0.39, 0.29) is 5.41 Å². The largest absolute Gasteiger partial charge is 0.228 e. The van der Waals surface area contributed by atoms with Crippen molar-refractivity contribution in [3.05, 3.63) is 241 Å². The van der Waals surface area contributed by atoms with Crippen LogP contribution in [-0.2, 0) is 5.41 Å². The summed E-state index contributed by atoms with van der Waals surface area (Å²) in [7, 11) is 0. The van der Waals surface area contributed by atoms with Gasteiger partial charge in [0.25, 0.3) is 0 Å². The molecule has 2 heterocycles. The number of thiophene rings is 1. The summed E-state index contributed by atoms with van der Waals surface area (Å²) in [6, 6.07) is 81.1. The fourth-order valence-electron chi connectivity index (χ4n) is 9.89. The molecule has 0 spiro atoms. The highest BCUT2D eigenvalue weighted by Crippen LogP contribution is 2.56. The average molecular weight is 821 g/mol. The molecule has 9 aromatic carbocycles. The van der Waals surface area contributed by atoms with Gasteiger partial charge in [-0.05, 0) is 86.3 Å². The number of benzene rings is 9. The number of rotatable bonds is 7. The minimum atomic E-state index is -0.362. The predicted molar refractivity (Wildman–Crippen MR) is 265 cm³/mol. The summed E-state index contributed by atoms with van der Waals surface area (Å²) in [6.07, 6.45) is 0. The van der Waals surface area contributed by atoms with E-state index in [4.69, 9.17) is 9.97 Å². The van der Waals surface area contributed by atoms with Gasteiger partial charge in [-0.1, -0.05) is 206 Å². The Balaban J connectivity index is 0.993. The monoisotopic (exact) mass is 820 g/mol. The van der Waals surface area contributed by atoms with Gasteiger partial charge < -0.3 is 0 Å². The van der Waals surface area contributed by atoms with Gasteiger partial charge >= 0.3 is 0 Å². The first kappa shape index (κ1) is 37.1. The molecule has 63 heavy (non-hydrogen) atoms. The van der Waals surface area contributed by atoms with Gasteiger partial charge in [-0.15, -0.1) is 11.3 Å². The Morgan fingerprint density at radius 2 is 0.937 bits per heavy atom. The van der Waals surface area contributed by atoms with Gasteiger partial charge in [-0.3, -0.25) is 0 Å². The van der Waals surface area contributed by atoms with Crippen molar-refractivity contribution in [1.82, 2.24) is 9.97 Å². The van der Waals surface area contributed by atoms with Gasteiger partial charge in [-0.2, -0.15) is 0 Å². The van der Waals surface area contributed by atoms with Crippen LogP contribution in [0.5, 0.6) is 0 Å². The molecule has 2 aromatic heterocycles. The van der Waals surface area contributed by atoms with Crippen molar-refractivity contribution in [1.29, 1.82) is 0 Å². The normalized spacial score (nSPS) is 14.2. The summed E-state index contributed by atoms with van der Waals surface area (Å²) in [5.41, 5.74) is 18.2. The lowest BCUT2D eigenvalue weighted by atomic mass is 9.73. The van der Waals surface area contributed by atoms with Crippen LogP contribution >= 0.6 is 11.3 Å². The van der Waals surface area contributed by atoms with Crippen LogP contribution in [0.15, 0.2) is 224 Å². The molecule has 2 nitrogen and oxygen atoms in total. The van der Waals surface area contributed by atoms with E-state index in [1.807, 2.05) is 17.4 Å². The number of hydrogen-bond acceptors (Lipinski definition) is 3. The Hall–Kier alpha value is -7.72. The van der Waals surface area contributed by atoms with Gasteiger partial charge in [0, 0.05) is 42.3 Å². The molecule has 0 saturated carbocycles. The molecular formula is C60H40N2S. The van der Waals surface area contributed by atoms with E-state index in [0.717, 1.165) is 39.2 Å². The third-order valence-electron chi connectivity index (χ3n) is 13.0. The number of fused-ring (bicyclic) bond motifs is 6. The Morgan fingerprint density at radius 3 is 1.73 bits per heavy atom. The second-order valence-corrected chi connectivity index (χ2v) is 17.6. The second kappa shape index (κ2) is 15.0. The van der Waals surface area contributed by atoms with Crippen LogP contribution in [0.1, 0.15) is 23.6 Å². The van der Waals surface area contributed by atoms with Crippen LogP contribution in [0.3, 0.4) is 0 Å². The van der Waals surface area contributed by atoms with E-state index in [2.05, 4.69) is 225 Å². The Labute approximate surface area is 371 Å². The lowest BCUT2D eigenvalue weighted by Crippen LogP contribution is -2.22. The van der Waals surface area contributed by atoms with Crippen molar-refractivity contribution >= 4 is 31.5 Å². The van der Waals surface area contributed by atoms with Crippen LogP contribution in [0.25, 0.3) is 98.6 Å². The number of nitrogens with zero attached hydrogens (tertiary/aromatic N) is 2. The van der Waals surface area contributed by atoms with Gasteiger partial charge in [-0.25, -0.2) is 9.97 Å². The molecule has 1 unspecified atom stereocenters. The highest BCUT2D eigenvalue weighted by atomic mass is 32.1. The summed E-state index contributed by atoms with van der Waals surface area (Å²) in [5, 5.41) is 2.61. The lowest BCUT2D eigenvalue weighted by molar-refractivity contribution is 0.714. The van der Waals surface area contributed by atoms with Crippen molar-refractivity contribution in [2.45, 2.75) is 12.3 Å². The molecule has 12 rings (SSSR count). The molecular weight excluding hydrogens is 781 g/mol. The summed E-state index contributed by atoms with van der Waals surface area (Å²) in [4.78, 5) is 10.6. The van der Waals surface area contributed by atoms with Crippen LogP contribution in [0.2, 0.25) is 0 Å². The quantitative estimate of drug-likeness (QED) is 0.160. The van der Waals surface area contributed by atoms with Crippen LogP contribution in [-0.4, -0.2) is 9.97 Å². The van der Waals surface area contributed by atoms with Crippen molar-refractivity contribution in [3.8, 4) is 78.4 Å². The molecule has 0 radical (unpaired) electrons. The summed E-state index contributed by atoms with van der Waals surface area (Å²) in [6.45, 7) is 2.40. The molecule has 1 aliphatic rings. The molecule has 0 amide bonds. The molecule has 3 heteroatoms. The molecule has 1 atom stereocenters. The first-order chi connectivity index (χ1) is 31.1. The third-order valence-corrected chi connectivity index (χ3v) is 14.3. The van der Waals surface area contributed by atoms with Gasteiger partial charge in [0.1, 0.15) is 0 Å².